The number of piperazine rings is 1. The number of hydrogen-bond donors (Lipinski definition) is 1. The molecule has 6 nitrogen and oxygen atoms in total. The monoisotopic (exact) mass is 389 g/mol. The third-order valence-corrected chi connectivity index (χ3v) is 6.19. The Morgan fingerprint density at radius 1 is 1.24 bits per heavy atom. The fourth-order valence-corrected chi connectivity index (χ4v) is 4.79. The van der Waals surface area contributed by atoms with Gasteiger partial charge in [0.15, 0.2) is 17.2 Å². The quantitative estimate of drug-likeness (QED) is 0.729. The van der Waals surface area contributed by atoms with Gasteiger partial charge in [0.2, 0.25) is 0 Å². The van der Waals surface area contributed by atoms with E-state index < -0.39 is 0 Å². The lowest BCUT2D eigenvalue weighted by molar-refractivity contribution is -0.113. The summed E-state index contributed by atoms with van der Waals surface area (Å²) in [6.07, 6.45) is 6.76. The Morgan fingerprint density at radius 2 is 2.14 bits per heavy atom. The van der Waals surface area contributed by atoms with Gasteiger partial charge in [0, 0.05) is 43.1 Å². The highest BCUT2D eigenvalue weighted by molar-refractivity contribution is 6.27. The molecule has 146 valence electrons. The molecule has 7 heteroatoms. The van der Waals surface area contributed by atoms with Gasteiger partial charge in [-0.3, -0.25) is 4.79 Å². The van der Waals surface area contributed by atoms with Crippen LogP contribution in [-0.4, -0.2) is 45.3 Å². The predicted molar refractivity (Wildman–Crippen MR) is 108 cm³/mol. The summed E-state index contributed by atoms with van der Waals surface area (Å²) >= 11 is 0. The number of nitrogens with one attached hydrogen (secondary N) is 1. The molecule has 0 saturated carbocycles. The molecule has 0 unspecified atom stereocenters. The first-order valence-corrected chi connectivity index (χ1v) is 9.95. The predicted octanol–water partition coefficient (Wildman–Crippen LogP) is 2.39. The zero-order valence-electron chi connectivity index (χ0n) is 16.0. The smallest absolute Gasteiger partial charge is 0.173 e. The average Bonchev–Trinajstić information content (AvgIpc) is 3.42. The summed E-state index contributed by atoms with van der Waals surface area (Å²) in [4.78, 5) is 24.4. The first-order valence-electron chi connectivity index (χ1n) is 9.95. The van der Waals surface area contributed by atoms with E-state index in [1.807, 2.05) is 31.3 Å². The highest BCUT2D eigenvalue weighted by Gasteiger charge is 2.38. The Morgan fingerprint density at radius 3 is 2.93 bits per heavy atom. The van der Waals surface area contributed by atoms with Gasteiger partial charge in [-0.1, -0.05) is 0 Å². The number of carbonyl (C=O) groups is 1. The third-order valence-electron chi connectivity index (χ3n) is 6.19. The Labute approximate surface area is 167 Å². The molecule has 2 bridgehead atoms. The molecule has 5 heterocycles. The van der Waals surface area contributed by atoms with Crippen molar-refractivity contribution < 1.29 is 9.18 Å². The van der Waals surface area contributed by atoms with Gasteiger partial charge in [-0.15, -0.1) is 0 Å². The van der Waals surface area contributed by atoms with Crippen LogP contribution in [0, 0.1) is 12.7 Å². The zero-order valence-corrected chi connectivity index (χ0v) is 16.0. The molecule has 1 aliphatic carbocycles. The topological polar surface area (TPSA) is 62.5 Å². The van der Waals surface area contributed by atoms with Crippen molar-refractivity contribution >= 4 is 28.9 Å². The van der Waals surface area contributed by atoms with Crippen molar-refractivity contribution in [3.05, 3.63) is 58.9 Å². The van der Waals surface area contributed by atoms with Gasteiger partial charge in [-0.25, -0.2) is 14.4 Å². The molecule has 1 N–H and O–H groups in total. The number of hydrogen-bond acceptors (Lipinski definition) is 5. The number of allylic oxidation sites excluding steroid dienone is 1. The SMILES string of the molecule is Cc1cc(F)c2nc(C3=Cc4ccc(N5C[C@@H]6C[C@H]5CN6)nc4CC3=O)cn2c1. The molecule has 2 aliphatic heterocycles. The minimum atomic E-state index is -0.388. The van der Waals surface area contributed by atoms with Gasteiger partial charge in [0.05, 0.1) is 17.8 Å². The number of aryl methyl sites for hydroxylation is 1. The number of carbonyl (C=O) groups excluding carboxylic acids is 1. The Kier molecular flexibility index (Phi) is 3.47. The van der Waals surface area contributed by atoms with Crippen LogP contribution in [0.4, 0.5) is 10.2 Å². The van der Waals surface area contributed by atoms with Crippen molar-refractivity contribution in [2.75, 3.05) is 18.0 Å². The molecule has 0 amide bonds. The number of fused-ring (bicyclic) bond motifs is 4. The van der Waals surface area contributed by atoms with Gasteiger partial charge in [-0.2, -0.15) is 0 Å². The van der Waals surface area contributed by atoms with E-state index in [0.29, 0.717) is 23.4 Å². The van der Waals surface area contributed by atoms with E-state index in [-0.39, 0.29) is 23.7 Å². The van der Waals surface area contributed by atoms with Crippen molar-refractivity contribution in [1.82, 2.24) is 19.7 Å². The van der Waals surface area contributed by atoms with Gasteiger partial charge >= 0.3 is 0 Å². The number of Topliss-reactive ketones (excluding diaryl/α,β-unsaturated/α-hetero) is 1. The van der Waals surface area contributed by atoms with Gasteiger partial charge in [0.1, 0.15) is 5.82 Å². The number of anilines is 1. The molecule has 0 aromatic carbocycles. The number of halogens is 1. The molecule has 0 spiro atoms. The maximum Gasteiger partial charge on any atom is 0.173 e. The van der Waals surface area contributed by atoms with Gasteiger partial charge in [-0.05, 0) is 48.7 Å². The molecule has 2 atom stereocenters. The second kappa shape index (κ2) is 5.97. The normalized spacial score (nSPS) is 23.0. The first kappa shape index (κ1) is 16.9. The minimum Gasteiger partial charge on any atom is -0.351 e. The summed E-state index contributed by atoms with van der Waals surface area (Å²) in [5.74, 6) is 0.529. The van der Waals surface area contributed by atoms with E-state index in [4.69, 9.17) is 4.98 Å². The summed E-state index contributed by atoms with van der Waals surface area (Å²) < 4.78 is 15.9. The van der Waals surface area contributed by atoms with Crippen molar-refractivity contribution in [3.8, 4) is 0 Å². The van der Waals surface area contributed by atoms with Crippen molar-refractivity contribution in [1.29, 1.82) is 0 Å². The Bertz CT molecular complexity index is 1210. The molecule has 2 fully saturated rings. The minimum absolute atomic E-state index is 0.0349. The molecule has 3 aromatic rings. The number of nitrogens with zero attached hydrogens (tertiary/aromatic N) is 4. The number of pyridine rings is 2. The van der Waals surface area contributed by atoms with Crippen LogP contribution in [0.25, 0.3) is 17.3 Å². The van der Waals surface area contributed by atoms with E-state index >= 15 is 0 Å². The fourth-order valence-electron chi connectivity index (χ4n) is 4.79. The van der Waals surface area contributed by atoms with Crippen molar-refractivity contribution in [2.24, 2.45) is 0 Å². The summed E-state index contributed by atoms with van der Waals surface area (Å²) in [6.45, 7) is 3.79. The van der Waals surface area contributed by atoms with Crippen molar-refractivity contribution in [3.63, 3.8) is 0 Å². The van der Waals surface area contributed by atoms with E-state index in [1.54, 1.807) is 10.6 Å². The number of rotatable bonds is 2. The maximum absolute atomic E-state index is 14.2. The van der Waals surface area contributed by atoms with Crippen LogP contribution in [0.1, 0.15) is 28.9 Å². The molecule has 29 heavy (non-hydrogen) atoms. The van der Waals surface area contributed by atoms with Gasteiger partial charge < -0.3 is 14.6 Å². The summed E-state index contributed by atoms with van der Waals surface area (Å²) in [5.41, 5.74) is 3.78. The lowest BCUT2D eigenvalue weighted by atomic mass is 9.93. The lowest BCUT2D eigenvalue weighted by Crippen LogP contribution is -2.44. The summed E-state index contributed by atoms with van der Waals surface area (Å²) in [7, 11) is 0. The number of aromatic nitrogens is 3. The molecule has 3 aromatic heterocycles. The molecule has 0 radical (unpaired) electrons. The Balaban J connectivity index is 1.38. The average molecular weight is 389 g/mol. The molecule has 6 rings (SSSR count). The van der Waals surface area contributed by atoms with E-state index in [2.05, 4.69) is 15.2 Å². The lowest BCUT2D eigenvalue weighted by Gasteiger charge is -2.29. The second-order valence-corrected chi connectivity index (χ2v) is 8.23. The number of ketones is 1. The van der Waals surface area contributed by atoms with Crippen LogP contribution in [0.15, 0.2) is 30.6 Å². The van der Waals surface area contributed by atoms with E-state index in [1.165, 1.54) is 6.07 Å². The maximum atomic E-state index is 14.2. The highest BCUT2D eigenvalue weighted by atomic mass is 19.1. The summed E-state index contributed by atoms with van der Waals surface area (Å²) in [5, 5.41) is 3.50. The standard InChI is InChI=1S/C22H20FN5O/c1-12-4-17(23)22-26-19(11-27(22)9-12)16-5-13-2-3-21(25-18(13)7-20(16)29)28-10-14-6-15(28)8-24-14/h2-5,9,11,14-15,24H,6-8,10H2,1H3/t14-,15-/m0/s1. The molecular weight excluding hydrogens is 369 g/mol. The first-order chi connectivity index (χ1) is 14.0. The Hall–Kier alpha value is -3.06. The van der Waals surface area contributed by atoms with Gasteiger partial charge in [0.25, 0.3) is 0 Å². The summed E-state index contributed by atoms with van der Waals surface area (Å²) in [6, 6.07) is 6.56. The van der Waals surface area contributed by atoms with Crippen LogP contribution >= 0.6 is 0 Å². The van der Waals surface area contributed by atoms with Crippen LogP contribution in [0.3, 0.4) is 0 Å². The van der Waals surface area contributed by atoms with Crippen LogP contribution in [-0.2, 0) is 11.2 Å². The molecule has 3 aliphatic rings. The van der Waals surface area contributed by atoms with Crippen molar-refractivity contribution in [2.45, 2.75) is 31.8 Å². The fraction of sp³-hybridized carbons (Fsp3) is 0.318. The van der Waals surface area contributed by atoms with Crippen LogP contribution < -0.4 is 10.2 Å². The van der Waals surface area contributed by atoms with Crippen LogP contribution in [0.2, 0.25) is 0 Å². The molecule has 2 saturated heterocycles. The highest BCUT2D eigenvalue weighted by Crippen LogP contribution is 2.32. The zero-order chi connectivity index (χ0) is 19.7. The van der Waals surface area contributed by atoms with E-state index in [0.717, 1.165) is 42.1 Å². The second-order valence-electron chi connectivity index (χ2n) is 8.23. The third kappa shape index (κ3) is 2.61. The number of imidazole rings is 1. The van der Waals surface area contributed by atoms with Crippen LogP contribution in [0.5, 0.6) is 0 Å². The largest absolute Gasteiger partial charge is 0.351 e. The molecular formula is C22H20FN5O. The van der Waals surface area contributed by atoms with E-state index in [9.17, 15) is 9.18 Å².